The van der Waals surface area contributed by atoms with Crippen LogP contribution >= 0.6 is 0 Å². The van der Waals surface area contributed by atoms with E-state index in [9.17, 15) is 20.1 Å². The predicted molar refractivity (Wildman–Crippen MR) is 110 cm³/mol. The lowest BCUT2D eigenvalue weighted by Crippen LogP contribution is -2.46. The van der Waals surface area contributed by atoms with Gasteiger partial charge in [-0.2, -0.15) is 0 Å². The van der Waals surface area contributed by atoms with Crippen LogP contribution in [0.25, 0.3) is 0 Å². The first-order valence-corrected chi connectivity index (χ1v) is 9.56. The molecule has 3 rings (SSSR count). The molecule has 0 radical (unpaired) electrons. The fourth-order valence-electron chi connectivity index (χ4n) is 3.32. The van der Waals surface area contributed by atoms with E-state index in [-0.39, 0.29) is 40.9 Å². The van der Waals surface area contributed by atoms with E-state index in [1.807, 2.05) is 26.0 Å². The first-order chi connectivity index (χ1) is 13.5. The summed E-state index contributed by atoms with van der Waals surface area (Å²) in [5, 5.41) is 36.3. The number of aliphatic hydroxyl groups is 1. The van der Waals surface area contributed by atoms with E-state index in [0.717, 1.165) is 5.56 Å². The molecule has 7 nitrogen and oxygen atoms in total. The lowest BCUT2D eigenvalue weighted by molar-refractivity contribution is -0.129. The number of benzene rings is 2. The van der Waals surface area contributed by atoms with Crippen LogP contribution < -0.4 is 15.4 Å². The molecule has 1 aliphatic heterocycles. The first-order valence-electron chi connectivity index (χ1n) is 9.56. The number of hydrogen-bond donors (Lipinski definition) is 5. The topological polar surface area (TPSA) is 111 Å². The molecule has 0 bridgehead atoms. The van der Waals surface area contributed by atoms with Crippen molar-refractivity contribution in [1.29, 1.82) is 0 Å². The number of carbonyl (C=O) groups is 1. The lowest BCUT2D eigenvalue weighted by atomic mass is 9.94. The molecule has 0 fully saturated rings. The number of hydrogen-bond acceptors (Lipinski definition) is 6. The Bertz CT molecular complexity index is 906. The summed E-state index contributed by atoms with van der Waals surface area (Å²) in [5.74, 6) is 0.0304. The second-order valence-corrected chi connectivity index (χ2v) is 8.57. The smallest absolute Gasteiger partial charge is 0.268 e. The molecule has 0 saturated heterocycles. The molecule has 2 aromatic rings. The number of β-amino-alcohol motifs (C(OH)–C–C–N with tert-alkyl or cyclic N) is 1. The maximum absolute atomic E-state index is 12.1. The molecular weight excluding hydrogens is 372 g/mol. The van der Waals surface area contributed by atoms with Crippen molar-refractivity contribution in [3.8, 4) is 17.2 Å². The third kappa shape index (κ3) is 4.63. The Hall–Kier alpha value is -2.77. The highest BCUT2D eigenvalue weighted by Gasteiger charge is 2.38. The Kier molecular flexibility index (Phi) is 5.47. The van der Waals surface area contributed by atoms with Crippen molar-refractivity contribution in [3.05, 3.63) is 47.5 Å². The highest BCUT2D eigenvalue weighted by molar-refractivity contribution is 6.01. The van der Waals surface area contributed by atoms with Crippen molar-refractivity contribution in [3.63, 3.8) is 0 Å². The third-order valence-electron chi connectivity index (χ3n) is 5.02. The molecule has 0 saturated carbocycles. The fourth-order valence-corrected chi connectivity index (χ4v) is 3.32. The van der Waals surface area contributed by atoms with E-state index in [1.54, 1.807) is 32.0 Å². The standard InChI is InChI=1S/C22H28N2O5/c1-21(2,11-13-5-7-14(25)8-6-13)23-12-17(27)15-9-10-16(26)18-19(15)29-22(3,4)20(28)24-18/h5-10,17,23,25-27H,11-12H2,1-4H3,(H,24,28). The number of fused-ring (bicyclic) bond motifs is 1. The van der Waals surface area contributed by atoms with Crippen molar-refractivity contribution in [2.45, 2.75) is 51.4 Å². The van der Waals surface area contributed by atoms with Crippen LogP contribution in [0.2, 0.25) is 0 Å². The quantitative estimate of drug-likeness (QED) is 0.477. The summed E-state index contributed by atoms with van der Waals surface area (Å²) in [6.07, 6.45) is -0.206. The number of phenols is 2. The van der Waals surface area contributed by atoms with Crippen LogP contribution in [0, 0.1) is 0 Å². The number of rotatable bonds is 6. The fraction of sp³-hybridized carbons (Fsp3) is 0.409. The Morgan fingerprint density at radius 3 is 2.45 bits per heavy atom. The Labute approximate surface area is 170 Å². The number of aromatic hydroxyl groups is 2. The van der Waals surface area contributed by atoms with Gasteiger partial charge < -0.3 is 30.7 Å². The molecule has 1 atom stereocenters. The van der Waals surface area contributed by atoms with Gasteiger partial charge in [0.1, 0.15) is 17.2 Å². The van der Waals surface area contributed by atoms with Gasteiger partial charge in [0.25, 0.3) is 5.91 Å². The van der Waals surface area contributed by atoms with E-state index in [0.29, 0.717) is 12.0 Å². The van der Waals surface area contributed by atoms with Gasteiger partial charge in [-0.3, -0.25) is 4.79 Å². The zero-order valence-electron chi connectivity index (χ0n) is 17.1. The summed E-state index contributed by atoms with van der Waals surface area (Å²) >= 11 is 0. The van der Waals surface area contributed by atoms with Gasteiger partial charge in [-0.05, 0) is 63.9 Å². The summed E-state index contributed by atoms with van der Waals surface area (Å²) in [6, 6.07) is 10.1. The summed E-state index contributed by atoms with van der Waals surface area (Å²) < 4.78 is 5.82. The van der Waals surface area contributed by atoms with E-state index >= 15 is 0 Å². The number of amides is 1. The molecule has 29 heavy (non-hydrogen) atoms. The number of phenolic OH excluding ortho intramolecular Hbond substituents is 2. The van der Waals surface area contributed by atoms with E-state index in [1.165, 1.54) is 6.07 Å². The average molecular weight is 400 g/mol. The van der Waals surface area contributed by atoms with Crippen LogP contribution in [-0.2, 0) is 11.2 Å². The van der Waals surface area contributed by atoms with Gasteiger partial charge in [0.05, 0.1) is 6.10 Å². The molecule has 0 aliphatic carbocycles. The molecule has 7 heteroatoms. The van der Waals surface area contributed by atoms with Crippen LogP contribution in [0.3, 0.4) is 0 Å². The second kappa shape index (κ2) is 7.57. The molecule has 1 heterocycles. The van der Waals surface area contributed by atoms with Gasteiger partial charge in [0, 0.05) is 17.6 Å². The largest absolute Gasteiger partial charge is 0.508 e. The Balaban J connectivity index is 1.74. The average Bonchev–Trinajstić information content (AvgIpc) is 2.63. The van der Waals surface area contributed by atoms with Crippen LogP contribution in [0.5, 0.6) is 17.2 Å². The van der Waals surface area contributed by atoms with Gasteiger partial charge in [0.15, 0.2) is 11.4 Å². The predicted octanol–water partition coefficient (Wildman–Crippen LogP) is 2.85. The van der Waals surface area contributed by atoms with Gasteiger partial charge >= 0.3 is 0 Å². The lowest BCUT2D eigenvalue weighted by Gasteiger charge is -2.34. The third-order valence-corrected chi connectivity index (χ3v) is 5.02. The first kappa shape index (κ1) is 21.0. The number of carbonyl (C=O) groups excluding carboxylic acids is 1. The summed E-state index contributed by atoms with van der Waals surface area (Å²) in [4.78, 5) is 12.1. The van der Waals surface area contributed by atoms with E-state index in [2.05, 4.69) is 10.6 Å². The summed E-state index contributed by atoms with van der Waals surface area (Å²) in [7, 11) is 0. The van der Waals surface area contributed by atoms with Crippen LogP contribution in [-0.4, -0.2) is 38.9 Å². The minimum Gasteiger partial charge on any atom is -0.508 e. The highest BCUT2D eigenvalue weighted by Crippen LogP contribution is 2.44. The van der Waals surface area contributed by atoms with Gasteiger partial charge in [0.2, 0.25) is 0 Å². The molecular formula is C22H28N2O5. The van der Waals surface area contributed by atoms with Crippen molar-refractivity contribution in [2.75, 3.05) is 11.9 Å². The van der Waals surface area contributed by atoms with Crippen molar-refractivity contribution < 1.29 is 24.9 Å². The minimum absolute atomic E-state index is 0.111. The number of ether oxygens (including phenoxy) is 1. The molecule has 0 aromatic heterocycles. The van der Waals surface area contributed by atoms with Crippen LogP contribution in [0.15, 0.2) is 36.4 Å². The van der Waals surface area contributed by atoms with E-state index in [4.69, 9.17) is 4.74 Å². The van der Waals surface area contributed by atoms with Crippen molar-refractivity contribution >= 4 is 11.6 Å². The second-order valence-electron chi connectivity index (χ2n) is 8.57. The monoisotopic (exact) mass is 400 g/mol. The maximum atomic E-state index is 12.1. The molecule has 0 spiro atoms. The zero-order valence-corrected chi connectivity index (χ0v) is 17.1. The molecule has 1 amide bonds. The van der Waals surface area contributed by atoms with Gasteiger partial charge in [-0.15, -0.1) is 0 Å². The minimum atomic E-state index is -1.11. The number of aliphatic hydroxyl groups excluding tert-OH is 1. The number of nitrogens with one attached hydrogen (secondary N) is 2. The van der Waals surface area contributed by atoms with Crippen molar-refractivity contribution in [2.24, 2.45) is 0 Å². The highest BCUT2D eigenvalue weighted by atomic mass is 16.5. The maximum Gasteiger partial charge on any atom is 0.268 e. The molecule has 1 aliphatic rings. The Morgan fingerprint density at radius 1 is 1.14 bits per heavy atom. The van der Waals surface area contributed by atoms with Crippen LogP contribution in [0.4, 0.5) is 5.69 Å². The molecule has 5 N–H and O–H groups in total. The SMILES string of the molecule is CC(C)(Cc1ccc(O)cc1)NCC(O)c1ccc(O)c2c1OC(C)(C)C(=O)N2. The van der Waals surface area contributed by atoms with Crippen molar-refractivity contribution in [1.82, 2.24) is 5.32 Å². The van der Waals surface area contributed by atoms with Gasteiger partial charge in [-0.1, -0.05) is 12.1 Å². The summed E-state index contributed by atoms with van der Waals surface area (Å²) in [6.45, 7) is 7.56. The van der Waals surface area contributed by atoms with E-state index < -0.39 is 11.7 Å². The normalized spacial score (nSPS) is 16.5. The molecule has 156 valence electrons. The summed E-state index contributed by atoms with van der Waals surface area (Å²) in [5.41, 5.74) is 0.294. The van der Waals surface area contributed by atoms with Gasteiger partial charge in [-0.25, -0.2) is 0 Å². The van der Waals surface area contributed by atoms with Crippen LogP contribution in [0.1, 0.15) is 44.9 Å². The molecule has 1 unspecified atom stereocenters. The zero-order chi connectivity index (χ0) is 21.4. The Morgan fingerprint density at radius 2 is 1.79 bits per heavy atom. The number of anilines is 1. The molecule has 2 aromatic carbocycles.